The molecule has 2 rings (SSSR count). The summed E-state index contributed by atoms with van der Waals surface area (Å²) in [5, 5.41) is 0.625. The van der Waals surface area contributed by atoms with Gasteiger partial charge in [-0.05, 0) is 38.1 Å². The van der Waals surface area contributed by atoms with Gasteiger partial charge in [0.2, 0.25) is 0 Å². The molecule has 1 aromatic carbocycles. The molecule has 7 nitrogen and oxygen atoms in total. The largest absolute Gasteiger partial charge is 0.497 e. The molecule has 0 aliphatic carbocycles. The molecule has 0 fully saturated rings. The van der Waals surface area contributed by atoms with Crippen LogP contribution in [0.4, 0.5) is 0 Å². The van der Waals surface area contributed by atoms with E-state index >= 15 is 0 Å². The Morgan fingerprint density at radius 2 is 1.72 bits per heavy atom. The number of carbonyl (C=O) groups is 2. The summed E-state index contributed by atoms with van der Waals surface area (Å²) in [6.45, 7) is 3.52. The zero-order chi connectivity index (χ0) is 18.4. The number of rotatable bonds is 7. The van der Waals surface area contributed by atoms with E-state index in [0.717, 1.165) is 0 Å². The fraction of sp³-hybridized carbons (Fsp3) is 0.389. The quantitative estimate of drug-likeness (QED) is 0.430. The van der Waals surface area contributed by atoms with Gasteiger partial charge in [-0.25, -0.2) is 4.79 Å². The SMILES string of the molecule is CCOC(=O)C(Cc1cc2cc(OC)ccc2oc1=O)C(=O)OCC. The van der Waals surface area contributed by atoms with Crippen molar-refractivity contribution in [3.8, 4) is 5.75 Å². The Balaban J connectivity index is 2.39. The average molecular weight is 348 g/mol. The molecule has 0 saturated heterocycles. The van der Waals surface area contributed by atoms with Crippen molar-refractivity contribution in [3.05, 3.63) is 40.2 Å². The summed E-state index contributed by atoms with van der Waals surface area (Å²) in [6, 6.07) is 6.57. The molecule has 134 valence electrons. The second-order valence-electron chi connectivity index (χ2n) is 5.22. The van der Waals surface area contributed by atoms with E-state index in [4.69, 9.17) is 18.6 Å². The van der Waals surface area contributed by atoms with Crippen LogP contribution in [0.1, 0.15) is 19.4 Å². The van der Waals surface area contributed by atoms with Crippen LogP contribution in [0, 0.1) is 5.92 Å². The zero-order valence-electron chi connectivity index (χ0n) is 14.4. The molecule has 0 amide bonds. The molecular formula is C18H20O7. The number of fused-ring (bicyclic) bond motifs is 1. The van der Waals surface area contributed by atoms with Crippen LogP contribution in [0.2, 0.25) is 0 Å². The number of methoxy groups -OCH3 is 1. The summed E-state index contributed by atoms with van der Waals surface area (Å²) in [4.78, 5) is 36.3. The molecule has 0 saturated carbocycles. The summed E-state index contributed by atoms with van der Waals surface area (Å²) in [5.41, 5.74) is -0.0403. The topological polar surface area (TPSA) is 92.0 Å². The second kappa shape index (κ2) is 8.32. The standard InChI is InChI=1S/C18H20O7/c1-4-23-17(20)14(18(21)24-5-2)10-12-8-11-9-13(22-3)6-7-15(11)25-16(12)19/h6-9,14H,4-5,10H2,1-3H3. The van der Waals surface area contributed by atoms with Crippen molar-refractivity contribution in [1.29, 1.82) is 0 Å². The molecule has 25 heavy (non-hydrogen) atoms. The van der Waals surface area contributed by atoms with Gasteiger partial charge in [0.1, 0.15) is 11.3 Å². The summed E-state index contributed by atoms with van der Waals surface area (Å²) < 4.78 is 20.2. The monoisotopic (exact) mass is 348 g/mol. The highest BCUT2D eigenvalue weighted by atomic mass is 16.6. The van der Waals surface area contributed by atoms with E-state index < -0.39 is 23.5 Å². The van der Waals surface area contributed by atoms with Crippen LogP contribution in [-0.2, 0) is 25.5 Å². The van der Waals surface area contributed by atoms with Crippen molar-refractivity contribution in [1.82, 2.24) is 0 Å². The Morgan fingerprint density at radius 1 is 1.08 bits per heavy atom. The first-order valence-electron chi connectivity index (χ1n) is 7.94. The molecule has 0 radical (unpaired) electrons. The minimum atomic E-state index is -1.22. The molecule has 0 aliphatic rings. The van der Waals surface area contributed by atoms with Crippen LogP contribution < -0.4 is 10.4 Å². The normalized spacial score (nSPS) is 10.7. The van der Waals surface area contributed by atoms with Crippen molar-refractivity contribution in [2.24, 2.45) is 5.92 Å². The number of hydrogen-bond acceptors (Lipinski definition) is 7. The Hall–Kier alpha value is -2.83. The lowest BCUT2D eigenvalue weighted by atomic mass is 10.00. The summed E-state index contributed by atoms with van der Waals surface area (Å²) >= 11 is 0. The van der Waals surface area contributed by atoms with E-state index in [0.29, 0.717) is 16.7 Å². The number of esters is 2. The summed E-state index contributed by atoms with van der Waals surface area (Å²) in [5.74, 6) is -2.08. The van der Waals surface area contributed by atoms with Crippen molar-refractivity contribution in [3.63, 3.8) is 0 Å². The zero-order valence-corrected chi connectivity index (χ0v) is 14.4. The molecule has 0 spiro atoms. The maximum Gasteiger partial charge on any atom is 0.339 e. The van der Waals surface area contributed by atoms with E-state index in [1.165, 1.54) is 7.11 Å². The maximum absolute atomic E-state index is 12.2. The third-order valence-electron chi connectivity index (χ3n) is 3.58. The number of hydrogen-bond donors (Lipinski definition) is 0. The fourth-order valence-electron chi connectivity index (χ4n) is 2.38. The third-order valence-corrected chi connectivity index (χ3v) is 3.58. The third kappa shape index (κ3) is 4.37. The Kier molecular flexibility index (Phi) is 6.16. The van der Waals surface area contributed by atoms with Gasteiger partial charge in [-0.1, -0.05) is 0 Å². The van der Waals surface area contributed by atoms with Gasteiger partial charge < -0.3 is 18.6 Å². The Bertz CT molecular complexity index is 804. The van der Waals surface area contributed by atoms with Crippen LogP contribution in [0.3, 0.4) is 0 Å². The number of carbonyl (C=O) groups excluding carboxylic acids is 2. The molecule has 0 N–H and O–H groups in total. The first kappa shape index (κ1) is 18.5. The van der Waals surface area contributed by atoms with Crippen molar-refractivity contribution in [2.75, 3.05) is 20.3 Å². The van der Waals surface area contributed by atoms with Crippen LogP contribution in [0.25, 0.3) is 11.0 Å². The van der Waals surface area contributed by atoms with Crippen LogP contribution in [-0.4, -0.2) is 32.3 Å². The van der Waals surface area contributed by atoms with E-state index in [9.17, 15) is 14.4 Å². The number of benzene rings is 1. The molecule has 0 atom stereocenters. The Labute approximate surface area is 144 Å². The van der Waals surface area contributed by atoms with Gasteiger partial charge in [-0.2, -0.15) is 0 Å². The van der Waals surface area contributed by atoms with Crippen molar-refractivity contribution < 1.29 is 28.2 Å². The average Bonchev–Trinajstić information content (AvgIpc) is 2.59. The first-order valence-corrected chi connectivity index (χ1v) is 7.94. The maximum atomic E-state index is 12.2. The van der Waals surface area contributed by atoms with E-state index in [1.54, 1.807) is 38.1 Å². The molecule has 0 aliphatic heterocycles. The van der Waals surface area contributed by atoms with E-state index in [1.807, 2.05) is 0 Å². The fourth-order valence-corrected chi connectivity index (χ4v) is 2.38. The van der Waals surface area contributed by atoms with Gasteiger partial charge in [0.15, 0.2) is 5.92 Å². The lowest BCUT2D eigenvalue weighted by molar-refractivity contribution is -0.161. The van der Waals surface area contributed by atoms with E-state index in [2.05, 4.69) is 0 Å². The van der Waals surface area contributed by atoms with Gasteiger partial charge >= 0.3 is 17.6 Å². The van der Waals surface area contributed by atoms with E-state index in [-0.39, 0.29) is 25.2 Å². The highest BCUT2D eigenvalue weighted by Gasteiger charge is 2.31. The minimum Gasteiger partial charge on any atom is -0.497 e. The lowest BCUT2D eigenvalue weighted by Gasteiger charge is -2.14. The summed E-state index contributed by atoms with van der Waals surface area (Å²) in [7, 11) is 1.53. The predicted octanol–water partition coefficient (Wildman–Crippen LogP) is 2.09. The van der Waals surface area contributed by atoms with Gasteiger partial charge in [0.05, 0.1) is 20.3 Å². The Morgan fingerprint density at radius 3 is 2.28 bits per heavy atom. The molecule has 0 unspecified atom stereocenters. The molecule has 1 heterocycles. The van der Waals surface area contributed by atoms with Gasteiger partial charge in [0.25, 0.3) is 0 Å². The highest BCUT2D eigenvalue weighted by molar-refractivity contribution is 5.95. The smallest absolute Gasteiger partial charge is 0.339 e. The second-order valence-corrected chi connectivity index (χ2v) is 5.22. The van der Waals surface area contributed by atoms with Crippen molar-refractivity contribution in [2.45, 2.75) is 20.3 Å². The van der Waals surface area contributed by atoms with Crippen molar-refractivity contribution >= 4 is 22.9 Å². The molecule has 2 aromatic rings. The molecule has 7 heteroatoms. The molecule has 1 aromatic heterocycles. The van der Waals surface area contributed by atoms with Gasteiger partial charge in [0, 0.05) is 17.4 Å². The van der Waals surface area contributed by atoms with Crippen LogP contribution in [0.15, 0.2) is 33.5 Å². The highest BCUT2D eigenvalue weighted by Crippen LogP contribution is 2.21. The van der Waals surface area contributed by atoms with Gasteiger partial charge in [-0.15, -0.1) is 0 Å². The van der Waals surface area contributed by atoms with Crippen LogP contribution in [0.5, 0.6) is 5.75 Å². The molecule has 0 bridgehead atoms. The molecular weight excluding hydrogens is 328 g/mol. The minimum absolute atomic E-state index is 0.123. The lowest BCUT2D eigenvalue weighted by Crippen LogP contribution is -2.31. The number of ether oxygens (including phenoxy) is 3. The summed E-state index contributed by atoms with van der Waals surface area (Å²) in [6.07, 6.45) is -0.160. The first-order chi connectivity index (χ1) is 12.0. The predicted molar refractivity (Wildman–Crippen MR) is 89.5 cm³/mol. The van der Waals surface area contributed by atoms with Gasteiger partial charge in [-0.3, -0.25) is 9.59 Å². The van der Waals surface area contributed by atoms with Crippen LogP contribution >= 0.6 is 0 Å².